The molecule has 2 rings (SSSR count). The number of aromatic nitrogens is 2. The molecule has 2 aromatic rings. The fraction of sp³-hybridized carbons (Fsp3) is 0.267. The zero-order valence-corrected chi connectivity index (χ0v) is 11.1. The Hall–Kier alpha value is -2.07. The number of benzene rings is 1. The quantitative estimate of drug-likeness (QED) is 0.773. The average Bonchev–Trinajstić information content (AvgIpc) is 2.96. The van der Waals surface area contributed by atoms with Crippen molar-refractivity contribution in [2.45, 2.75) is 6.54 Å². The molecule has 100 valence electrons. The summed E-state index contributed by atoms with van der Waals surface area (Å²) >= 11 is 0. The van der Waals surface area contributed by atoms with Gasteiger partial charge in [-0.3, -0.25) is 4.68 Å². The number of hydrogen-bond donors (Lipinski definition) is 1. The zero-order chi connectivity index (χ0) is 13.3. The Bertz CT molecular complexity index is 506. The molecule has 1 heterocycles. The monoisotopic (exact) mass is 257 g/mol. The minimum Gasteiger partial charge on any atom is -0.496 e. The Morgan fingerprint density at radius 3 is 3.00 bits per heavy atom. The van der Waals surface area contributed by atoms with Crippen LogP contribution in [0.3, 0.4) is 0 Å². The van der Waals surface area contributed by atoms with E-state index in [4.69, 9.17) is 4.74 Å². The van der Waals surface area contributed by atoms with Gasteiger partial charge in [-0.15, -0.1) is 0 Å². The van der Waals surface area contributed by atoms with Crippen LogP contribution in [0.1, 0.15) is 5.56 Å². The van der Waals surface area contributed by atoms with Crippen LogP contribution in [0, 0.1) is 0 Å². The molecule has 0 bridgehead atoms. The van der Waals surface area contributed by atoms with Crippen molar-refractivity contribution in [1.82, 2.24) is 15.1 Å². The summed E-state index contributed by atoms with van der Waals surface area (Å²) in [6, 6.07) is 9.91. The molecule has 0 spiro atoms. The molecular weight excluding hydrogens is 238 g/mol. The van der Waals surface area contributed by atoms with Crippen LogP contribution in [0.4, 0.5) is 0 Å². The Labute approximate surface area is 113 Å². The third kappa shape index (κ3) is 4.26. The number of ether oxygens (including phenoxy) is 1. The Balaban J connectivity index is 1.71. The summed E-state index contributed by atoms with van der Waals surface area (Å²) in [7, 11) is 1.69. The van der Waals surface area contributed by atoms with Gasteiger partial charge in [-0.1, -0.05) is 30.4 Å². The predicted molar refractivity (Wildman–Crippen MR) is 77.1 cm³/mol. The SMILES string of the molecule is COc1ccccc1/C=C\CNCCn1cccn1. The normalized spacial score (nSPS) is 11.0. The van der Waals surface area contributed by atoms with Crippen molar-refractivity contribution in [2.75, 3.05) is 20.2 Å². The molecule has 4 heteroatoms. The second-order valence-corrected chi connectivity index (χ2v) is 4.12. The number of methoxy groups -OCH3 is 1. The number of nitrogens with zero attached hydrogens (tertiary/aromatic N) is 2. The van der Waals surface area contributed by atoms with Crippen LogP contribution in [0.25, 0.3) is 6.08 Å². The molecule has 1 aromatic heterocycles. The molecule has 0 aliphatic carbocycles. The van der Waals surface area contributed by atoms with E-state index in [9.17, 15) is 0 Å². The first-order chi connectivity index (χ1) is 9.40. The van der Waals surface area contributed by atoms with Crippen molar-refractivity contribution in [3.05, 3.63) is 54.4 Å². The third-order valence-electron chi connectivity index (χ3n) is 2.78. The van der Waals surface area contributed by atoms with Crippen molar-refractivity contribution in [2.24, 2.45) is 0 Å². The molecule has 0 aliphatic rings. The van der Waals surface area contributed by atoms with Gasteiger partial charge in [-0.05, 0) is 12.1 Å². The molecule has 0 atom stereocenters. The minimum absolute atomic E-state index is 0.833. The Morgan fingerprint density at radius 2 is 2.21 bits per heavy atom. The van der Waals surface area contributed by atoms with Crippen molar-refractivity contribution in [3.8, 4) is 5.75 Å². The fourth-order valence-corrected chi connectivity index (χ4v) is 1.80. The number of para-hydroxylation sites is 1. The van der Waals surface area contributed by atoms with Crippen molar-refractivity contribution in [3.63, 3.8) is 0 Å². The summed E-state index contributed by atoms with van der Waals surface area (Å²) in [6.07, 6.45) is 7.93. The van der Waals surface area contributed by atoms with Gasteiger partial charge in [0.15, 0.2) is 0 Å². The number of nitrogens with one attached hydrogen (secondary N) is 1. The van der Waals surface area contributed by atoms with E-state index in [1.54, 1.807) is 13.3 Å². The summed E-state index contributed by atoms with van der Waals surface area (Å²) in [6.45, 7) is 2.62. The highest BCUT2D eigenvalue weighted by Gasteiger charge is 1.95. The number of rotatable bonds is 7. The minimum atomic E-state index is 0.833. The maximum atomic E-state index is 5.29. The first kappa shape index (κ1) is 13.4. The molecule has 0 amide bonds. The van der Waals surface area contributed by atoms with E-state index in [0.717, 1.165) is 30.9 Å². The van der Waals surface area contributed by atoms with Crippen LogP contribution >= 0.6 is 0 Å². The molecule has 0 saturated carbocycles. The highest BCUT2D eigenvalue weighted by Crippen LogP contribution is 2.18. The van der Waals surface area contributed by atoms with E-state index in [1.165, 1.54) is 0 Å². The first-order valence-electron chi connectivity index (χ1n) is 6.38. The average molecular weight is 257 g/mol. The van der Waals surface area contributed by atoms with Gasteiger partial charge >= 0.3 is 0 Å². The molecular formula is C15H19N3O. The van der Waals surface area contributed by atoms with Crippen LogP contribution in [0.15, 0.2) is 48.8 Å². The molecule has 1 N–H and O–H groups in total. The van der Waals surface area contributed by atoms with Crippen LogP contribution in [-0.2, 0) is 6.54 Å². The lowest BCUT2D eigenvalue weighted by Crippen LogP contribution is -2.20. The summed E-state index contributed by atoms with van der Waals surface area (Å²) in [4.78, 5) is 0. The maximum absolute atomic E-state index is 5.29. The topological polar surface area (TPSA) is 39.1 Å². The van der Waals surface area contributed by atoms with Crippen LogP contribution < -0.4 is 10.1 Å². The van der Waals surface area contributed by atoms with Gasteiger partial charge < -0.3 is 10.1 Å². The van der Waals surface area contributed by atoms with E-state index >= 15 is 0 Å². The van der Waals surface area contributed by atoms with Gasteiger partial charge in [-0.2, -0.15) is 5.10 Å². The molecule has 0 saturated heterocycles. The van der Waals surface area contributed by atoms with E-state index in [0.29, 0.717) is 0 Å². The fourth-order valence-electron chi connectivity index (χ4n) is 1.80. The van der Waals surface area contributed by atoms with Gasteiger partial charge in [0.25, 0.3) is 0 Å². The molecule has 0 radical (unpaired) electrons. The molecule has 0 aliphatic heterocycles. The van der Waals surface area contributed by atoms with Crippen LogP contribution in [-0.4, -0.2) is 30.0 Å². The largest absolute Gasteiger partial charge is 0.496 e. The number of hydrogen-bond acceptors (Lipinski definition) is 3. The molecule has 19 heavy (non-hydrogen) atoms. The van der Waals surface area contributed by atoms with Crippen molar-refractivity contribution >= 4 is 6.08 Å². The van der Waals surface area contributed by atoms with Crippen LogP contribution in [0.5, 0.6) is 5.75 Å². The van der Waals surface area contributed by atoms with Gasteiger partial charge in [0, 0.05) is 31.0 Å². The van der Waals surface area contributed by atoms with Gasteiger partial charge in [-0.25, -0.2) is 0 Å². The third-order valence-corrected chi connectivity index (χ3v) is 2.78. The second-order valence-electron chi connectivity index (χ2n) is 4.12. The maximum Gasteiger partial charge on any atom is 0.126 e. The molecule has 0 unspecified atom stereocenters. The Kier molecular flexibility index (Phi) is 5.19. The zero-order valence-electron chi connectivity index (χ0n) is 11.1. The summed E-state index contributed by atoms with van der Waals surface area (Å²) in [5.41, 5.74) is 1.10. The highest BCUT2D eigenvalue weighted by atomic mass is 16.5. The summed E-state index contributed by atoms with van der Waals surface area (Å²) < 4.78 is 7.20. The van der Waals surface area contributed by atoms with E-state index in [2.05, 4.69) is 22.6 Å². The second kappa shape index (κ2) is 7.38. The first-order valence-corrected chi connectivity index (χ1v) is 6.38. The lowest BCUT2D eigenvalue weighted by molar-refractivity contribution is 0.414. The molecule has 1 aromatic carbocycles. The molecule has 4 nitrogen and oxygen atoms in total. The van der Waals surface area contributed by atoms with Gasteiger partial charge in [0.1, 0.15) is 5.75 Å². The standard InChI is InChI=1S/C15H19N3O/c1-19-15-8-3-2-6-14(15)7-4-9-16-11-13-18-12-5-10-17-18/h2-8,10,12,16H,9,11,13H2,1H3/b7-4-. The lowest BCUT2D eigenvalue weighted by atomic mass is 10.2. The van der Waals surface area contributed by atoms with E-state index < -0.39 is 0 Å². The smallest absolute Gasteiger partial charge is 0.126 e. The predicted octanol–water partition coefficient (Wildman–Crippen LogP) is 2.19. The summed E-state index contributed by atoms with van der Waals surface area (Å²) in [5.74, 6) is 0.898. The van der Waals surface area contributed by atoms with Gasteiger partial charge in [0.05, 0.1) is 13.7 Å². The van der Waals surface area contributed by atoms with Crippen molar-refractivity contribution < 1.29 is 4.74 Å². The Morgan fingerprint density at radius 1 is 1.32 bits per heavy atom. The van der Waals surface area contributed by atoms with Crippen molar-refractivity contribution in [1.29, 1.82) is 0 Å². The van der Waals surface area contributed by atoms with Gasteiger partial charge in [0.2, 0.25) is 0 Å². The van der Waals surface area contributed by atoms with E-state index in [1.807, 2.05) is 41.2 Å². The highest BCUT2D eigenvalue weighted by molar-refractivity contribution is 5.57. The van der Waals surface area contributed by atoms with E-state index in [-0.39, 0.29) is 0 Å². The van der Waals surface area contributed by atoms with Crippen LogP contribution in [0.2, 0.25) is 0 Å². The molecule has 0 fully saturated rings. The summed E-state index contributed by atoms with van der Waals surface area (Å²) in [5, 5.41) is 7.49. The lowest BCUT2D eigenvalue weighted by Gasteiger charge is -2.04.